The van der Waals surface area contributed by atoms with Crippen LogP contribution < -0.4 is 0 Å². The van der Waals surface area contributed by atoms with Gasteiger partial charge in [-0.2, -0.15) is 11.8 Å². The molecular formula is C9H16O2S2. The first-order chi connectivity index (χ1) is 5.86. The first-order valence-corrected chi connectivity index (χ1v) is 6.34. The molecule has 0 spiro atoms. The molecule has 4 heteroatoms. The molecule has 1 heterocycles. The lowest BCUT2D eigenvalue weighted by atomic mass is 10.1. The SMILES string of the molecule is CC(C)(C)SC1(C(=O)O)CCSC1. The van der Waals surface area contributed by atoms with Gasteiger partial charge in [0.1, 0.15) is 4.75 Å². The minimum absolute atomic E-state index is 0.0310. The molecule has 1 rings (SSSR count). The molecule has 2 nitrogen and oxygen atoms in total. The van der Waals surface area contributed by atoms with Gasteiger partial charge in [0.15, 0.2) is 0 Å². The minimum Gasteiger partial charge on any atom is -0.480 e. The summed E-state index contributed by atoms with van der Waals surface area (Å²) in [5.74, 6) is 1.09. The number of hydrogen-bond donors (Lipinski definition) is 1. The average Bonchev–Trinajstić information content (AvgIpc) is 2.33. The molecule has 1 fully saturated rings. The first kappa shape index (κ1) is 11.2. The Morgan fingerprint density at radius 2 is 2.15 bits per heavy atom. The van der Waals surface area contributed by atoms with E-state index >= 15 is 0 Å². The van der Waals surface area contributed by atoms with Crippen molar-refractivity contribution in [2.75, 3.05) is 11.5 Å². The van der Waals surface area contributed by atoms with Crippen LogP contribution in [0.3, 0.4) is 0 Å². The van der Waals surface area contributed by atoms with Crippen LogP contribution in [0, 0.1) is 0 Å². The molecule has 0 aromatic carbocycles. The lowest BCUT2D eigenvalue weighted by molar-refractivity contribution is -0.139. The van der Waals surface area contributed by atoms with Crippen LogP contribution in [0.2, 0.25) is 0 Å². The van der Waals surface area contributed by atoms with Gasteiger partial charge in [0.25, 0.3) is 0 Å². The molecule has 0 radical (unpaired) electrons. The average molecular weight is 220 g/mol. The molecule has 1 unspecified atom stereocenters. The fourth-order valence-electron chi connectivity index (χ4n) is 1.43. The highest BCUT2D eigenvalue weighted by molar-refractivity contribution is 8.06. The van der Waals surface area contributed by atoms with Crippen LogP contribution in [0.15, 0.2) is 0 Å². The Bertz CT molecular complexity index is 202. The Morgan fingerprint density at radius 3 is 2.46 bits per heavy atom. The van der Waals surface area contributed by atoms with E-state index in [1.54, 1.807) is 23.5 Å². The molecule has 0 aromatic heterocycles. The van der Waals surface area contributed by atoms with Gasteiger partial charge in [-0.05, 0) is 12.2 Å². The Labute approximate surface area is 87.9 Å². The number of rotatable bonds is 2. The van der Waals surface area contributed by atoms with Crippen molar-refractivity contribution in [1.82, 2.24) is 0 Å². The molecule has 76 valence electrons. The summed E-state index contributed by atoms with van der Waals surface area (Å²) >= 11 is 3.35. The molecule has 0 saturated carbocycles. The predicted molar refractivity (Wildman–Crippen MR) is 59.7 cm³/mol. The van der Waals surface area contributed by atoms with Crippen molar-refractivity contribution in [3.8, 4) is 0 Å². The zero-order chi connectivity index (χ0) is 10.1. The molecule has 13 heavy (non-hydrogen) atoms. The number of thioether (sulfide) groups is 2. The predicted octanol–water partition coefficient (Wildman–Crippen LogP) is 2.48. The fraction of sp³-hybridized carbons (Fsp3) is 0.889. The van der Waals surface area contributed by atoms with E-state index in [0.717, 1.165) is 17.9 Å². The van der Waals surface area contributed by atoms with Gasteiger partial charge in [-0.3, -0.25) is 4.79 Å². The molecule has 0 aliphatic carbocycles. The van der Waals surface area contributed by atoms with E-state index in [1.807, 2.05) is 0 Å². The van der Waals surface area contributed by atoms with Gasteiger partial charge in [-0.15, -0.1) is 11.8 Å². The van der Waals surface area contributed by atoms with E-state index in [1.165, 1.54) is 0 Å². The van der Waals surface area contributed by atoms with Gasteiger partial charge in [0.2, 0.25) is 0 Å². The van der Waals surface area contributed by atoms with Crippen LogP contribution in [-0.4, -0.2) is 32.1 Å². The van der Waals surface area contributed by atoms with Crippen LogP contribution in [0.25, 0.3) is 0 Å². The zero-order valence-corrected chi connectivity index (χ0v) is 9.93. The molecular weight excluding hydrogens is 204 g/mol. The van der Waals surface area contributed by atoms with Crippen molar-refractivity contribution in [1.29, 1.82) is 0 Å². The second kappa shape index (κ2) is 3.73. The molecule has 0 bridgehead atoms. The Morgan fingerprint density at radius 1 is 1.54 bits per heavy atom. The van der Waals surface area contributed by atoms with Crippen molar-refractivity contribution in [3.63, 3.8) is 0 Å². The topological polar surface area (TPSA) is 37.3 Å². The van der Waals surface area contributed by atoms with Crippen LogP contribution in [0.5, 0.6) is 0 Å². The highest BCUT2D eigenvalue weighted by Gasteiger charge is 2.45. The molecule has 1 aliphatic rings. The van der Waals surface area contributed by atoms with E-state index in [0.29, 0.717) is 0 Å². The second-order valence-electron chi connectivity index (χ2n) is 4.32. The number of aliphatic carboxylic acids is 1. The van der Waals surface area contributed by atoms with Gasteiger partial charge in [-0.1, -0.05) is 20.8 Å². The smallest absolute Gasteiger partial charge is 0.320 e. The molecule has 1 N–H and O–H groups in total. The zero-order valence-electron chi connectivity index (χ0n) is 8.29. The molecule has 1 atom stereocenters. The molecule has 0 aromatic rings. The summed E-state index contributed by atoms with van der Waals surface area (Å²) in [6.45, 7) is 6.22. The Balaban J connectivity index is 2.74. The van der Waals surface area contributed by atoms with E-state index in [-0.39, 0.29) is 4.75 Å². The summed E-state index contributed by atoms with van der Waals surface area (Å²) in [7, 11) is 0. The summed E-state index contributed by atoms with van der Waals surface area (Å²) in [5, 5.41) is 9.19. The maximum Gasteiger partial charge on any atom is 0.320 e. The largest absolute Gasteiger partial charge is 0.480 e. The summed E-state index contributed by atoms with van der Waals surface area (Å²) in [4.78, 5) is 11.2. The normalized spacial score (nSPS) is 29.2. The number of carbonyl (C=O) groups is 1. The lowest BCUT2D eigenvalue weighted by Crippen LogP contribution is -2.38. The van der Waals surface area contributed by atoms with E-state index in [4.69, 9.17) is 0 Å². The van der Waals surface area contributed by atoms with Gasteiger partial charge in [-0.25, -0.2) is 0 Å². The van der Waals surface area contributed by atoms with E-state index in [2.05, 4.69) is 20.8 Å². The van der Waals surface area contributed by atoms with Gasteiger partial charge in [0, 0.05) is 10.5 Å². The summed E-state index contributed by atoms with van der Waals surface area (Å²) in [6, 6.07) is 0. The minimum atomic E-state index is -0.641. The van der Waals surface area contributed by atoms with Gasteiger partial charge in [0.05, 0.1) is 0 Å². The Hall–Kier alpha value is 0.170. The highest BCUT2D eigenvalue weighted by atomic mass is 32.2. The van der Waals surface area contributed by atoms with E-state index < -0.39 is 10.7 Å². The highest BCUT2D eigenvalue weighted by Crippen LogP contribution is 2.45. The summed E-state index contributed by atoms with van der Waals surface area (Å²) < 4.78 is -0.494. The van der Waals surface area contributed by atoms with Crippen molar-refractivity contribution >= 4 is 29.5 Å². The molecule has 1 aliphatic heterocycles. The van der Waals surface area contributed by atoms with Crippen molar-refractivity contribution < 1.29 is 9.90 Å². The quantitative estimate of drug-likeness (QED) is 0.776. The number of carboxylic acids is 1. The third-order valence-corrected chi connectivity index (χ3v) is 4.78. The maximum absolute atomic E-state index is 11.2. The molecule has 0 amide bonds. The first-order valence-electron chi connectivity index (χ1n) is 4.37. The van der Waals surface area contributed by atoms with Gasteiger partial charge < -0.3 is 5.11 Å². The third-order valence-electron chi connectivity index (χ3n) is 1.88. The van der Waals surface area contributed by atoms with Gasteiger partial charge >= 0.3 is 5.97 Å². The number of carboxylic acid groups (broad SMARTS) is 1. The summed E-state index contributed by atoms with van der Waals surface area (Å²) in [6.07, 6.45) is 0.801. The standard InChI is InChI=1S/C9H16O2S2/c1-8(2,3)13-9(7(10)11)4-5-12-6-9/h4-6H2,1-3H3,(H,10,11). The van der Waals surface area contributed by atoms with Crippen LogP contribution >= 0.6 is 23.5 Å². The summed E-state index contributed by atoms with van der Waals surface area (Å²) in [5.41, 5.74) is 0. The fourth-order valence-corrected chi connectivity index (χ4v) is 4.74. The van der Waals surface area contributed by atoms with Crippen molar-refractivity contribution in [2.24, 2.45) is 0 Å². The third kappa shape index (κ3) is 2.81. The van der Waals surface area contributed by atoms with Crippen molar-refractivity contribution in [2.45, 2.75) is 36.7 Å². The van der Waals surface area contributed by atoms with E-state index in [9.17, 15) is 9.90 Å². The Kier molecular flexibility index (Phi) is 3.23. The van der Waals surface area contributed by atoms with Crippen LogP contribution in [-0.2, 0) is 4.79 Å². The second-order valence-corrected chi connectivity index (χ2v) is 7.63. The maximum atomic E-state index is 11.2. The monoisotopic (exact) mass is 220 g/mol. The van der Waals surface area contributed by atoms with Crippen molar-refractivity contribution in [3.05, 3.63) is 0 Å². The van der Waals surface area contributed by atoms with Crippen LogP contribution in [0.4, 0.5) is 0 Å². The lowest BCUT2D eigenvalue weighted by Gasteiger charge is -2.30. The van der Waals surface area contributed by atoms with Crippen LogP contribution in [0.1, 0.15) is 27.2 Å². The molecule has 1 saturated heterocycles. The number of hydrogen-bond acceptors (Lipinski definition) is 3.